The molecule has 0 unspecified atom stereocenters. The molecule has 2 nitrogen and oxygen atoms in total. The first-order valence-electron chi connectivity index (χ1n) is 8.13. The van der Waals surface area contributed by atoms with E-state index in [-0.39, 0.29) is 5.97 Å². The number of rotatable bonds is 4. The van der Waals surface area contributed by atoms with E-state index in [1.165, 1.54) is 24.6 Å². The minimum atomic E-state index is -4.22. The quantitative estimate of drug-likeness (QED) is 0.672. The maximum absolute atomic E-state index is 12.0. The Bertz CT molecular complexity index is 644. The number of benzene rings is 2. The molecule has 0 aliphatic rings. The second-order valence-electron chi connectivity index (χ2n) is 5.50. The first kappa shape index (κ1) is 20.7. The number of ether oxygens (including phenoxy) is 1. The molecule has 0 aliphatic heterocycles. The summed E-state index contributed by atoms with van der Waals surface area (Å²) in [4.78, 5) is 10.5. The van der Waals surface area contributed by atoms with Crippen LogP contribution in [0, 0.1) is 0 Å². The SMILES string of the molecule is CCc1ccc(C(F)(F)F)cc1.CCc1ccc(COC(C)=O)cc1. The van der Waals surface area contributed by atoms with E-state index in [1.807, 2.05) is 19.1 Å². The number of hydrogen-bond acceptors (Lipinski definition) is 2. The fraction of sp³-hybridized carbons (Fsp3) is 0.350. The molecule has 2 aromatic rings. The van der Waals surface area contributed by atoms with Gasteiger partial charge >= 0.3 is 12.1 Å². The van der Waals surface area contributed by atoms with E-state index in [1.54, 1.807) is 0 Å². The summed E-state index contributed by atoms with van der Waals surface area (Å²) < 4.78 is 40.9. The van der Waals surface area contributed by atoms with Gasteiger partial charge in [-0.05, 0) is 41.7 Å². The smallest absolute Gasteiger partial charge is 0.416 e. The van der Waals surface area contributed by atoms with Gasteiger partial charge in [-0.2, -0.15) is 13.2 Å². The normalized spacial score (nSPS) is 10.6. The van der Waals surface area contributed by atoms with Crippen LogP contribution in [0.15, 0.2) is 48.5 Å². The van der Waals surface area contributed by atoms with Crippen LogP contribution in [0.1, 0.15) is 43.0 Å². The number of halogens is 3. The van der Waals surface area contributed by atoms with Crippen LogP contribution in [-0.2, 0) is 35.2 Å². The Hall–Kier alpha value is -2.30. The molecule has 0 atom stereocenters. The van der Waals surface area contributed by atoms with Crippen LogP contribution < -0.4 is 0 Å². The van der Waals surface area contributed by atoms with E-state index in [4.69, 9.17) is 4.74 Å². The topological polar surface area (TPSA) is 26.3 Å². The van der Waals surface area contributed by atoms with E-state index in [0.29, 0.717) is 6.61 Å². The molecule has 0 spiro atoms. The first-order valence-corrected chi connectivity index (χ1v) is 8.13. The summed E-state index contributed by atoms with van der Waals surface area (Å²) in [7, 11) is 0. The van der Waals surface area contributed by atoms with Crippen molar-refractivity contribution in [3.8, 4) is 0 Å². The lowest BCUT2D eigenvalue weighted by atomic mass is 10.1. The van der Waals surface area contributed by atoms with E-state index in [2.05, 4.69) is 19.1 Å². The summed E-state index contributed by atoms with van der Waals surface area (Å²) in [6.07, 6.45) is -2.42. The Balaban J connectivity index is 0.000000251. The van der Waals surface area contributed by atoms with Gasteiger partial charge in [-0.15, -0.1) is 0 Å². The van der Waals surface area contributed by atoms with Crippen molar-refractivity contribution in [3.05, 3.63) is 70.8 Å². The average Bonchev–Trinajstić information content (AvgIpc) is 2.60. The molecule has 0 saturated carbocycles. The number of esters is 1. The first-order chi connectivity index (χ1) is 11.8. The fourth-order valence-corrected chi connectivity index (χ4v) is 1.99. The number of hydrogen-bond donors (Lipinski definition) is 0. The highest BCUT2D eigenvalue weighted by Gasteiger charge is 2.29. The minimum absolute atomic E-state index is 0.237. The molecule has 0 radical (unpaired) electrons. The standard InChI is InChI=1S/C11H14O2.C9H9F3/c1-3-10-4-6-11(7-5-10)8-13-9(2)12;1-2-7-3-5-8(6-4-7)9(10,11)12/h4-7H,3,8H2,1-2H3;3-6H,2H2,1H3. The van der Waals surface area contributed by atoms with Gasteiger partial charge in [0.25, 0.3) is 0 Å². The zero-order valence-electron chi connectivity index (χ0n) is 14.7. The predicted octanol–water partition coefficient (Wildman–Crippen LogP) is 5.58. The lowest BCUT2D eigenvalue weighted by Crippen LogP contribution is -2.04. The van der Waals surface area contributed by atoms with Gasteiger partial charge < -0.3 is 4.74 Å². The zero-order chi connectivity index (χ0) is 18.9. The van der Waals surface area contributed by atoms with Crippen LogP contribution >= 0.6 is 0 Å². The van der Waals surface area contributed by atoms with Crippen molar-refractivity contribution >= 4 is 5.97 Å². The van der Waals surface area contributed by atoms with E-state index < -0.39 is 11.7 Å². The maximum Gasteiger partial charge on any atom is 0.416 e. The molecule has 25 heavy (non-hydrogen) atoms. The molecule has 2 aromatic carbocycles. The maximum atomic E-state index is 12.0. The van der Waals surface area contributed by atoms with Gasteiger partial charge in [0.1, 0.15) is 6.61 Å². The van der Waals surface area contributed by atoms with Gasteiger partial charge in [0.15, 0.2) is 0 Å². The van der Waals surface area contributed by atoms with Gasteiger partial charge in [0, 0.05) is 6.92 Å². The van der Waals surface area contributed by atoms with Crippen molar-refractivity contribution < 1.29 is 22.7 Å². The molecule has 0 bridgehead atoms. The number of carbonyl (C=O) groups excluding carboxylic acids is 1. The van der Waals surface area contributed by atoms with E-state index in [9.17, 15) is 18.0 Å². The molecule has 0 fully saturated rings. The minimum Gasteiger partial charge on any atom is -0.461 e. The predicted molar refractivity (Wildman–Crippen MR) is 92.1 cm³/mol. The second kappa shape index (κ2) is 9.87. The van der Waals surface area contributed by atoms with Crippen molar-refractivity contribution in [2.24, 2.45) is 0 Å². The van der Waals surface area contributed by atoms with Crippen molar-refractivity contribution in [1.82, 2.24) is 0 Å². The van der Waals surface area contributed by atoms with Gasteiger partial charge in [0.05, 0.1) is 5.56 Å². The largest absolute Gasteiger partial charge is 0.461 e. The third-order valence-electron chi connectivity index (χ3n) is 3.56. The molecule has 0 aliphatic carbocycles. The summed E-state index contributed by atoms with van der Waals surface area (Å²) in [5.74, 6) is -0.237. The lowest BCUT2D eigenvalue weighted by molar-refractivity contribution is -0.142. The molecular formula is C20H23F3O2. The number of aryl methyl sites for hydroxylation is 2. The number of alkyl halides is 3. The van der Waals surface area contributed by atoms with Gasteiger partial charge in [-0.1, -0.05) is 50.2 Å². The summed E-state index contributed by atoms with van der Waals surface area (Å²) in [6, 6.07) is 13.3. The summed E-state index contributed by atoms with van der Waals surface area (Å²) in [5, 5.41) is 0. The van der Waals surface area contributed by atoms with Crippen molar-refractivity contribution in [2.45, 2.75) is 46.4 Å². The van der Waals surface area contributed by atoms with Crippen molar-refractivity contribution in [3.63, 3.8) is 0 Å². The Morgan fingerprint density at radius 1 is 0.840 bits per heavy atom. The zero-order valence-corrected chi connectivity index (χ0v) is 14.7. The highest BCUT2D eigenvalue weighted by molar-refractivity contribution is 5.65. The lowest BCUT2D eigenvalue weighted by Gasteiger charge is -2.06. The molecular weight excluding hydrogens is 329 g/mol. The van der Waals surface area contributed by atoms with E-state index >= 15 is 0 Å². The molecule has 136 valence electrons. The Morgan fingerprint density at radius 3 is 1.60 bits per heavy atom. The van der Waals surface area contributed by atoms with Crippen LogP contribution in [0.5, 0.6) is 0 Å². The average molecular weight is 352 g/mol. The highest BCUT2D eigenvalue weighted by atomic mass is 19.4. The Morgan fingerprint density at radius 2 is 1.24 bits per heavy atom. The molecule has 5 heteroatoms. The van der Waals surface area contributed by atoms with Gasteiger partial charge in [-0.25, -0.2) is 0 Å². The summed E-state index contributed by atoms with van der Waals surface area (Å²) >= 11 is 0. The highest BCUT2D eigenvalue weighted by Crippen LogP contribution is 2.29. The van der Waals surface area contributed by atoms with Crippen molar-refractivity contribution in [1.29, 1.82) is 0 Å². The molecule has 0 saturated heterocycles. The molecule has 0 heterocycles. The third-order valence-corrected chi connectivity index (χ3v) is 3.56. The monoisotopic (exact) mass is 352 g/mol. The fourth-order valence-electron chi connectivity index (χ4n) is 1.99. The molecule has 0 N–H and O–H groups in total. The van der Waals surface area contributed by atoms with Crippen LogP contribution in [0.25, 0.3) is 0 Å². The molecule has 0 amide bonds. The second-order valence-corrected chi connectivity index (χ2v) is 5.50. The van der Waals surface area contributed by atoms with E-state index in [0.717, 1.165) is 36.1 Å². The number of carbonyl (C=O) groups is 1. The summed E-state index contributed by atoms with van der Waals surface area (Å²) in [6.45, 7) is 5.81. The Kier molecular flexibility index (Phi) is 8.19. The van der Waals surface area contributed by atoms with Crippen LogP contribution in [0.3, 0.4) is 0 Å². The molecule has 2 rings (SSSR count). The van der Waals surface area contributed by atoms with Gasteiger partial charge in [-0.3, -0.25) is 4.79 Å². The summed E-state index contributed by atoms with van der Waals surface area (Å²) in [5.41, 5.74) is 2.67. The Labute approximate surface area is 146 Å². The van der Waals surface area contributed by atoms with Crippen LogP contribution in [-0.4, -0.2) is 5.97 Å². The van der Waals surface area contributed by atoms with Gasteiger partial charge in [0.2, 0.25) is 0 Å². The van der Waals surface area contributed by atoms with Crippen LogP contribution in [0.2, 0.25) is 0 Å². The third kappa shape index (κ3) is 7.88. The molecule has 0 aromatic heterocycles. The van der Waals surface area contributed by atoms with Crippen LogP contribution in [0.4, 0.5) is 13.2 Å². The van der Waals surface area contributed by atoms with Crippen molar-refractivity contribution in [2.75, 3.05) is 0 Å².